The maximum absolute atomic E-state index is 14.1. The Hall–Kier alpha value is -12.3. The number of halogens is 1. The predicted molar refractivity (Wildman–Crippen MR) is 479 cm³/mol. The number of nitrogens with zero attached hydrogens (tertiary/aromatic N) is 24. The van der Waals surface area contributed by atoms with Crippen molar-refractivity contribution in [2.75, 3.05) is 0 Å². The van der Waals surface area contributed by atoms with Crippen molar-refractivity contribution in [3.63, 3.8) is 0 Å². The summed E-state index contributed by atoms with van der Waals surface area (Å²) in [4.78, 5) is 49.0. The number of oxazole rings is 2. The molecule has 129 heavy (non-hydrogen) atoms. The molecule has 0 atom stereocenters. The molecule has 11 heterocycles. The van der Waals surface area contributed by atoms with E-state index in [0.717, 1.165) is 133 Å². The van der Waals surface area contributed by atoms with Crippen LogP contribution in [0.4, 0.5) is 4.39 Å². The second-order valence-corrected chi connectivity index (χ2v) is 36.7. The summed E-state index contributed by atoms with van der Waals surface area (Å²) in [6.45, 7) is 25.1. The molecule has 0 spiro atoms. The summed E-state index contributed by atoms with van der Waals surface area (Å²) in [5, 5.41) is 33.8. The van der Waals surface area contributed by atoms with Gasteiger partial charge in [-0.3, -0.25) is 78.2 Å². The van der Waals surface area contributed by atoms with Crippen molar-refractivity contribution in [2.24, 2.45) is 14.1 Å². The molecule has 0 bridgehead atoms. The van der Waals surface area contributed by atoms with Crippen LogP contribution in [0.1, 0.15) is 56.0 Å². The number of aryl methyl sites for hydroxylation is 11. The summed E-state index contributed by atoms with van der Waals surface area (Å²) in [5.41, 5.74) is 23.9. The molecule has 26 nitrogen and oxygen atoms in total. The van der Waals surface area contributed by atoms with Crippen molar-refractivity contribution in [1.29, 1.82) is 5.26 Å². The average Bonchev–Trinajstić information content (AvgIpc) is 1.65. The minimum atomic E-state index is -1.38. The molecule has 0 amide bonds. The fourth-order valence-electron chi connectivity index (χ4n) is 15.2. The Morgan fingerprint density at radius 2 is 0.884 bits per heavy atom. The molecular formula is C95H78FIr5N24O2SSi-5. The van der Waals surface area contributed by atoms with E-state index in [4.69, 9.17) is 8.83 Å². The number of rotatable bonds is 12. The second-order valence-electron chi connectivity index (χ2n) is 30.4. The maximum Gasteiger partial charge on any atom is 0.180 e. The molecule has 0 saturated carbocycles. The van der Waals surface area contributed by atoms with Crippen LogP contribution in [0.3, 0.4) is 0 Å². The van der Waals surface area contributed by atoms with Gasteiger partial charge in [-0.15, -0.1) is 90.2 Å². The number of aromatic nitrogens is 23. The van der Waals surface area contributed by atoms with E-state index in [1.807, 2.05) is 189 Å². The van der Waals surface area contributed by atoms with E-state index in [1.54, 1.807) is 59.0 Å². The first kappa shape index (κ1) is 95.8. The quantitative estimate of drug-likeness (QED) is 0.0811. The number of fused-ring (bicyclic) bond motifs is 5. The smallest absolute Gasteiger partial charge is 0.180 e. The van der Waals surface area contributed by atoms with Gasteiger partial charge < -0.3 is 18.0 Å². The molecule has 0 fully saturated rings. The third kappa shape index (κ3) is 19.3. The van der Waals surface area contributed by atoms with Crippen molar-refractivity contribution < 1.29 is 114 Å². The van der Waals surface area contributed by atoms with Crippen LogP contribution in [0.15, 0.2) is 229 Å². The van der Waals surface area contributed by atoms with E-state index in [0.29, 0.717) is 63.2 Å². The largest absolute Gasteiger partial charge is 0.461 e. The summed E-state index contributed by atoms with van der Waals surface area (Å²) in [6, 6.07) is 72.2. The zero-order valence-corrected chi connectivity index (χ0v) is 85.6. The van der Waals surface area contributed by atoms with E-state index in [-0.39, 0.29) is 106 Å². The summed E-state index contributed by atoms with van der Waals surface area (Å²) < 4.78 is 39.2. The fourth-order valence-corrected chi connectivity index (χ4v) is 17.3. The van der Waals surface area contributed by atoms with Gasteiger partial charge in [0.05, 0.1) is 99.5 Å². The predicted octanol–water partition coefficient (Wildman–Crippen LogP) is 18.7. The fraction of sp³-hybridized carbons (Fsp3) is 0.147. The topological polar surface area (TPSA) is 291 Å². The maximum atomic E-state index is 14.1. The summed E-state index contributed by atoms with van der Waals surface area (Å²) >= 11 is 1.63. The number of hydrogen-bond donors (Lipinski definition) is 0. The molecule has 0 aliphatic carbocycles. The van der Waals surface area contributed by atoms with Gasteiger partial charge in [0.25, 0.3) is 0 Å². The molecule has 34 heteroatoms. The van der Waals surface area contributed by atoms with Crippen molar-refractivity contribution in [2.45, 2.75) is 82.0 Å². The number of benzene rings is 10. The van der Waals surface area contributed by atoms with Crippen LogP contribution in [-0.2, 0) is 115 Å². The molecule has 11 aromatic heterocycles. The minimum Gasteiger partial charge on any atom is -0.461 e. The number of pyridine rings is 1. The van der Waals surface area contributed by atoms with Crippen molar-refractivity contribution in [1.82, 2.24) is 113 Å². The molecule has 0 aliphatic heterocycles. The van der Waals surface area contributed by atoms with Gasteiger partial charge in [-0.05, 0) is 122 Å². The third-order valence-electron chi connectivity index (χ3n) is 20.9. The van der Waals surface area contributed by atoms with Crippen LogP contribution in [0.25, 0.3) is 151 Å². The van der Waals surface area contributed by atoms with Crippen molar-refractivity contribution >= 4 is 79.1 Å². The Bertz CT molecular complexity index is 7580. The van der Waals surface area contributed by atoms with E-state index in [1.165, 1.54) is 46.0 Å². The molecule has 0 aliphatic rings. The molecule has 0 saturated heterocycles. The van der Waals surface area contributed by atoms with Gasteiger partial charge in [-0.2, -0.15) is 30.8 Å². The van der Waals surface area contributed by atoms with Crippen LogP contribution >= 0.6 is 11.3 Å². The van der Waals surface area contributed by atoms with Gasteiger partial charge in [0, 0.05) is 174 Å². The number of thiazole rings is 1. The van der Waals surface area contributed by atoms with E-state index in [2.05, 4.69) is 200 Å². The molecule has 21 rings (SSSR count). The van der Waals surface area contributed by atoms with Crippen LogP contribution in [0.5, 0.6) is 0 Å². The van der Waals surface area contributed by atoms with Gasteiger partial charge in [0.1, 0.15) is 43.5 Å². The standard InChI is InChI=1S/C23H17N4O.C21H24N5Si.C17H13FN5.C17H14N5O.C17H10N5S.5Ir/c1-15-8-6-11-18(17-9-4-3-5-10-17)22(15)27-23(24-14-25-27)19-12-7-13-20-21(19)26-16(2)28-20;1-14-10-16(27(4,5)6)11-15(2)19(14)26-21(22-12-24-26)17-8-7-9-18-20(17)25(3)13-23-18;1-11-21-14-8-5-6-12(16(14)22(11)2)17-19-10-20-23(17)15-9-4-3-7-13(15)18;1-10-7-18-8-11(2)16(10)22-17(19-9-20-22)13-5-4-6-14-15(13)21-12(3)23-14;1-11-21-16-13(6-4-8-15(16)23-11)17-19-10-20-22(17)14-7-3-2-5-12(14)9-18;;;;;/h3-11,13-14H,1-2H3;7,9-13H,1-6H3;3-5,7-10H,1-2H3;4,6-9H,1-3H3;2-5,7-8,10H,1H3;;;;;/q5*-1;;;;;. The average molecular weight is 2630 g/mol. The zero-order chi connectivity index (χ0) is 86.2. The Labute approximate surface area is 814 Å². The van der Waals surface area contributed by atoms with Crippen LogP contribution in [-0.4, -0.2) is 121 Å². The van der Waals surface area contributed by atoms with Gasteiger partial charge in [-0.1, -0.05) is 150 Å². The van der Waals surface area contributed by atoms with Gasteiger partial charge in [-0.25, -0.2) is 4.39 Å². The van der Waals surface area contributed by atoms with Crippen LogP contribution in [0.2, 0.25) is 19.6 Å². The Morgan fingerprint density at radius 1 is 0.426 bits per heavy atom. The first-order valence-electron chi connectivity index (χ1n) is 39.5. The molecule has 0 N–H and O–H groups in total. The summed E-state index contributed by atoms with van der Waals surface area (Å²) in [6.07, 6.45) is 13.1. The number of nitriles is 1. The normalized spacial score (nSPS) is 10.9. The molecule has 657 valence electrons. The van der Waals surface area contributed by atoms with Crippen molar-refractivity contribution in [3.8, 4) is 103 Å². The Balaban J connectivity index is 0.000000145. The SMILES string of the molecule is Cc1cc([Si](C)(C)C)cc(C)c1-n1ncnc1-c1[c-]ccc2ncn(C)c12.Cc1nc2c(-c3ncnn3-c3c(C)cccc3-c3ccccc3)[c-]ccc2o1.Cc1nc2c(-c3ncnn3-c3c(C)cncc3C)[c-]ccc2o1.Cc1nc2c(-c3ncnn3-c3ccccc3C#N)[c-]ccc2s1.Cc1nc2cc[c-]c(-c3ncnn3-c3ccccc3F)c2n1C.[Ir].[Ir].[Ir].[Ir].[Ir]. The number of para-hydroxylation sites is 3. The Morgan fingerprint density at radius 3 is 1.45 bits per heavy atom. The number of hydrogen-bond acceptors (Lipinski definition) is 20. The summed E-state index contributed by atoms with van der Waals surface area (Å²) in [5.74, 6) is 5.08. The van der Waals surface area contributed by atoms with Gasteiger partial charge in [0.15, 0.2) is 11.8 Å². The van der Waals surface area contributed by atoms with Crippen LogP contribution < -0.4 is 5.19 Å². The van der Waals surface area contributed by atoms with Crippen molar-refractivity contribution in [3.05, 3.63) is 312 Å². The van der Waals surface area contributed by atoms with Gasteiger partial charge in [0.2, 0.25) is 0 Å². The number of imidazole rings is 2. The first-order valence-corrected chi connectivity index (χ1v) is 43.8. The first-order chi connectivity index (χ1) is 60.1. The van der Waals surface area contributed by atoms with E-state index >= 15 is 0 Å². The molecule has 0 unspecified atom stereocenters. The Kier molecular flexibility index (Phi) is 30.4. The second kappa shape index (κ2) is 41.0. The summed E-state index contributed by atoms with van der Waals surface area (Å²) in [7, 11) is 2.55. The molecule has 5 radical (unpaired) electrons. The monoisotopic (exact) mass is 2630 g/mol. The van der Waals surface area contributed by atoms with Gasteiger partial charge >= 0.3 is 0 Å². The molecule has 21 aromatic rings. The van der Waals surface area contributed by atoms with Crippen LogP contribution in [0, 0.1) is 110 Å². The molecular weight excluding hydrogens is 2550 g/mol. The molecule has 10 aromatic carbocycles. The van der Waals surface area contributed by atoms with E-state index < -0.39 is 8.07 Å². The minimum absolute atomic E-state index is 0. The van der Waals surface area contributed by atoms with E-state index in [9.17, 15) is 9.65 Å². The third-order valence-corrected chi connectivity index (χ3v) is 23.8. The zero-order valence-electron chi connectivity index (χ0n) is 71.8.